The molecule has 118 valence electrons. The summed E-state index contributed by atoms with van der Waals surface area (Å²) in [5.41, 5.74) is 2.64. The lowest BCUT2D eigenvalue weighted by atomic mass is 10.1. The molecule has 0 aromatic carbocycles. The van der Waals surface area contributed by atoms with Gasteiger partial charge in [0.05, 0.1) is 6.54 Å². The van der Waals surface area contributed by atoms with Gasteiger partial charge in [0.1, 0.15) is 12.6 Å². The van der Waals surface area contributed by atoms with Gasteiger partial charge < -0.3 is 14.6 Å². The third kappa shape index (κ3) is 2.96. The van der Waals surface area contributed by atoms with Gasteiger partial charge in [0.25, 0.3) is 0 Å². The molecule has 1 saturated heterocycles. The first-order valence-electron chi connectivity index (χ1n) is 8.37. The summed E-state index contributed by atoms with van der Waals surface area (Å²) in [6.45, 7) is 7.31. The van der Waals surface area contributed by atoms with Crippen LogP contribution >= 0.6 is 12.2 Å². The molecule has 1 aromatic rings. The molecule has 2 aliphatic rings. The van der Waals surface area contributed by atoms with Crippen molar-refractivity contribution in [3.05, 3.63) is 16.2 Å². The number of quaternary nitrogens is 1. The topological polar surface area (TPSA) is 34.5 Å². The van der Waals surface area contributed by atoms with Crippen LogP contribution in [0.3, 0.4) is 0 Å². The first-order chi connectivity index (χ1) is 10.1. The minimum Gasteiger partial charge on any atom is -0.387 e. The van der Waals surface area contributed by atoms with E-state index in [0.29, 0.717) is 6.04 Å². The van der Waals surface area contributed by atoms with Gasteiger partial charge in [-0.15, -0.1) is 0 Å². The van der Waals surface area contributed by atoms with Crippen molar-refractivity contribution in [3.63, 3.8) is 0 Å². The average molecular weight is 310 g/mol. The molecule has 0 radical (unpaired) electrons. The summed E-state index contributed by atoms with van der Waals surface area (Å²) in [5.74, 6) is 0. The van der Waals surface area contributed by atoms with E-state index in [9.17, 15) is 5.11 Å². The Labute approximate surface area is 132 Å². The first-order valence-corrected chi connectivity index (χ1v) is 8.78. The van der Waals surface area contributed by atoms with Crippen molar-refractivity contribution < 1.29 is 10.0 Å². The number of aliphatic hydroxyl groups is 1. The zero-order chi connectivity index (χ0) is 15.0. The van der Waals surface area contributed by atoms with E-state index in [2.05, 4.69) is 23.0 Å². The largest absolute Gasteiger partial charge is 0.387 e. The third-order valence-electron chi connectivity index (χ3n) is 5.39. The number of likely N-dealkylation sites (tertiary alicyclic amines) is 1. The van der Waals surface area contributed by atoms with Crippen LogP contribution in [0.1, 0.15) is 56.0 Å². The molecule has 4 nitrogen and oxygen atoms in total. The molecular weight excluding hydrogens is 282 g/mol. The van der Waals surface area contributed by atoms with Gasteiger partial charge in [-0.3, -0.25) is 4.57 Å². The minimum absolute atomic E-state index is 0.138. The number of rotatable bonds is 3. The minimum atomic E-state index is -0.138. The van der Waals surface area contributed by atoms with E-state index < -0.39 is 0 Å². The van der Waals surface area contributed by atoms with Gasteiger partial charge in [-0.25, -0.2) is 0 Å². The predicted molar refractivity (Wildman–Crippen MR) is 86.2 cm³/mol. The van der Waals surface area contributed by atoms with Crippen LogP contribution < -0.4 is 4.90 Å². The smallest absolute Gasteiger partial charge is 0.184 e. The monoisotopic (exact) mass is 310 g/mol. The lowest BCUT2D eigenvalue weighted by molar-refractivity contribution is -0.930. The summed E-state index contributed by atoms with van der Waals surface area (Å²) in [6, 6.07) is 0.611. The van der Waals surface area contributed by atoms with Gasteiger partial charge in [-0.2, -0.15) is 0 Å². The van der Waals surface area contributed by atoms with E-state index in [0.717, 1.165) is 37.4 Å². The summed E-state index contributed by atoms with van der Waals surface area (Å²) in [5, 5.41) is 9.87. The van der Waals surface area contributed by atoms with Crippen LogP contribution in [0.25, 0.3) is 0 Å². The van der Waals surface area contributed by atoms with Crippen molar-refractivity contribution in [1.29, 1.82) is 0 Å². The molecule has 1 saturated carbocycles. The van der Waals surface area contributed by atoms with Crippen molar-refractivity contribution in [2.75, 3.05) is 13.1 Å². The van der Waals surface area contributed by atoms with E-state index in [1.165, 1.54) is 42.0 Å². The molecule has 1 aliphatic heterocycles. The highest BCUT2D eigenvalue weighted by molar-refractivity contribution is 7.71. The van der Waals surface area contributed by atoms with Crippen LogP contribution in [-0.4, -0.2) is 33.4 Å². The SMILES string of the molecule is Cc1c(C)n(C2CCCC2)c(=S)n1C[NH+]1CCC[C@@H](O)C1. The van der Waals surface area contributed by atoms with Gasteiger partial charge >= 0.3 is 0 Å². The fraction of sp³-hybridized carbons (Fsp3) is 0.812. The van der Waals surface area contributed by atoms with Gasteiger partial charge in [0, 0.05) is 17.4 Å². The highest BCUT2D eigenvalue weighted by Crippen LogP contribution is 2.32. The van der Waals surface area contributed by atoms with E-state index in [1.807, 2.05) is 0 Å². The summed E-state index contributed by atoms with van der Waals surface area (Å²) < 4.78 is 5.69. The Bertz CT molecular complexity index is 557. The molecule has 2 N–H and O–H groups in total. The molecule has 2 heterocycles. The highest BCUT2D eigenvalue weighted by atomic mass is 32.1. The number of nitrogens with one attached hydrogen (secondary N) is 1. The van der Waals surface area contributed by atoms with E-state index in [-0.39, 0.29) is 6.10 Å². The van der Waals surface area contributed by atoms with Crippen molar-refractivity contribution >= 4 is 12.2 Å². The third-order valence-corrected chi connectivity index (χ3v) is 5.81. The van der Waals surface area contributed by atoms with Gasteiger partial charge in [0.15, 0.2) is 11.4 Å². The molecule has 1 aromatic heterocycles. The number of hydrogen-bond acceptors (Lipinski definition) is 2. The van der Waals surface area contributed by atoms with Crippen LogP contribution in [-0.2, 0) is 6.67 Å². The second-order valence-electron chi connectivity index (χ2n) is 6.85. The zero-order valence-electron chi connectivity index (χ0n) is 13.3. The lowest BCUT2D eigenvalue weighted by Crippen LogP contribution is -3.13. The molecular formula is C16H28N3OS+. The number of hydrogen-bond donors (Lipinski definition) is 2. The van der Waals surface area contributed by atoms with Crippen molar-refractivity contribution in [2.45, 2.75) is 71.2 Å². The molecule has 0 amide bonds. The summed E-state index contributed by atoms with van der Waals surface area (Å²) in [7, 11) is 0. The first kappa shape index (κ1) is 15.3. The molecule has 2 fully saturated rings. The maximum absolute atomic E-state index is 9.87. The van der Waals surface area contributed by atoms with Crippen LogP contribution in [0.4, 0.5) is 0 Å². The number of aliphatic hydroxyl groups excluding tert-OH is 1. The molecule has 1 unspecified atom stereocenters. The number of piperidine rings is 1. The average Bonchev–Trinajstić information content (AvgIpc) is 3.03. The Morgan fingerprint density at radius 1 is 1.14 bits per heavy atom. The fourth-order valence-electron chi connectivity index (χ4n) is 4.06. The molecule has 0 bridgehead atoms. The Morgan fingerprint density at radius 2 is 1.86 bits per heavy atom. The summed E-state index contributed by atoms with van der Waals surface area (Å²) >= 11 is 5.78. The molecule has 21 heavy (non-hydrogen) atoms. The van der Waals surface area contributed by atoms with Crippen LogP contribution in [0.5, 0.6) is 0 Å². The Morgan fingerprint density at radius 3 is 2.52 bits per heavy atom. The molecule has 0 spiro atoms. The van der Waals surface area contributed by atoms with Crippen molar-refractivity contribution in [2.24, 2.45) is 0 Å². The zero-order valence-corrected chi connectivity index (χ0v) is 14.1. The lowest BCUT2D eigenvalue weighted by Gasteiger charge is -2.27. The predicted octanol–water partition coefficient (Wildman–Crippen LogP) is 1.75. The second-order valence-corrected chi connectivity index (χ2v) is 7.21. The highest BCUT2D eigenvalue weighted by Gasteiger charge is 2.25. The molecule has 2 atom stereocenters. The Balaban J connectivity index is 1.85. The van der Waals surface area contributed by atoms with Gasteiger partial charge in [-0.1, -0.05) is 12.8 Å². The number of aromatic nitrogens is 2. The second kappa shape index (κ2) is 6.23. The summed E-state index contributed by atoms with van der Waals surface area (Å²) in [4.78, 5) is 1.46. The van der Waals surface area contributed by atoms with Gasteiger partial charge in [0.2, 0.25) is 0 Å². The normalized spacial score (nSPS) is 27.4. The standard InChI is InChI=1S/C16H27N3OS/c1-12-13(2)19(14-6-3-4-7-14)16(21)18(12)11-17-9-5-8-15(20)10-17/h14-15,20H,3-11H2,1-2H3/p+1/t15-/m1/s1. The van der Waals surface area contributed by atoms with Crippen LogP contribution in [0.15, 0.2) is 0 Å². The molecule has 3 rings (SSSR count). The number of nitrogens with zero attached hydrogens (tertiary/aromatic N) is 2. The van der Waals surface area contributed by atoms with E-state index in [1.54, 1.807) is 0 Å². The van der Waals surface area contributed by atoms with E-state index in [4.69, 9.17) is 12.2 Å². The van der Waals surface area contributed by atoms with Crippen molar-refractivity contribution in [1.82, 2.24) is 9.13 Å². The molecule has 1 aliphatic carbocycles. The molecule has 5 heteroatoms. The Hall–Kier alpha value is -0.650. The fourth-order valence-corrected chi connectivity index (χ4v) is 4.55. The van der Waals surface area contributed by atoms with Gasteiger partial charge in [-0.05, 0) is 51.7 Å². The number of imidazole rings is 1. The maximum atomic E-state index is 9.87. The summed E-state index contributed by atoms with van der Waals surface area (Å²) in [6.07, 6.45) is 7.14. The quantitative estimate of drug-likeness (QED) is 0.834. The van der Waals surface area contributed by atoms with Crippen LogP contribution in [0.2, 0.25) is 0 Å². The Kier molecular flexibility index (Phi) is 4.52. The van der Waals surface area contributed by atoms with E-state index >= 15 is 0 Å². The van der Waals surface area contributed by atoms with Crippen molar-refractivity contribution in [3.8, 4) is 0 Å². The maximum Gasteiger partial charge on any atom is 0.184 e. The van der Waals surface area contributed by atoms with Crippen LogP contribution in [0, 0.1) is 18.6 Å².